The van der Waals surface area contributed by atoms with Crippen LogP contribution in [0.3, 0.4) is 0 Å². The summed E-state index contributed by atoms with van der Waals surface area (Å²) in [5, 5.41) is 7.02. The summed E-state index contributed by atoms with van der Waals surface area (Å²) in [6.07, 6.45) is 0.259. The lowest BCUT2D eigenvalue weighted by Crippen LogP contribution is -2.33. The van der Waals surface area contributed by atoms with E-state index < -0.39 is 0 Å². The van der Waals surface area contributed by atoms with Gasteiger partial charge in [0.15, 0.2) is 6.10 Å². The third-order valence-electron chi connectivity index (χ3n) is 4.84. The molecule has 0 radical (unpaired) electrons. The number of rotatable bonds is 5. The van der Waals surface area contributed by atoms with Crippen LogP contribution in [0.4, 0.5) is 0 Å². The van der Waals surface area contributed by atoms with Crippen molar-refractivity contribution in [3.63, 3.8) is 0 Å². The Morgan fingerprint density at radius 1 is 1.22 bits per heavy atom. The zero-order valence-electron chi connectivity index (χ0n) is 15.4. The first kappa shape index (κ1) is 17.3. The molecule has 1 N–H and O–H groups in total. The van der Waals surface area contributed by atoms with Crippen LogP contribution in [-0.4, -0.2) is 21.2 Å². The molecular formula is C21H22N4O2. The Kier molecular flexibility index (Phi) is 4.62. The normalized spacial score (nSPS) is 17.4. The highest BCUT2D eigenvalue weighted by molar-refractivity contribution is 6.39. The number of aromatic nitrogens is 2. The quantitative estimate of drug-likeness (QED) is 0.751. The van der Waals surface area contributed by atoms with Gasteiger partial charge in [-0.15, -0.1) is 0 Å². The van der Waals surface area contributed by atoms with Crippen molar-refractivity contribution in [2.75, 3.05) is 0 Å². The number of nitrogens with one attached hydrogen (secondary N) is 1. The lowest BCUT2D eigenvalue weighted by atomic mass is 10.0. The van der Waals surface area contributed by atoms with Gasteiger partial charge in [-0.25, -0.2) is 4.98 Å². The fraction of sp³-hybridized carbons (Fsp3) is 0.286. The van der Waals surface area contributed by atoms with Gasteiger partial charge in [0.05, 0.1) is 17.1 Å². The maximum Gasteiger partial charge on any atom is 0.269 e. The van der Waals surface area contributed by atoms with Crippen LogP contribution in [0.25, 0.3) is 11.0 Å². The predicted molar refractivity (Wildman–Crippen MR) is 104 cm³/mol. The number of fused-ring (bicyclic) bond motifs is 1. The van der Waals surface area contributed by atoms with Gasteiger partial charge in [0, 0.05) is 13.0 Å². The maximum absolute atomic E-state index is 12.7. The van der Waals surface area contributed by atoms with Crippen molar-refractivity contribution in [1.29, 1.82) is 0 Å². The van der Waals surface area contributed by atoms with Crippen LogP contribution in [0.15, 0.2) is 59.8 Å². The lowest BCUT2D eigenvalue weighted by molar-refractivity contribution is -0.115. The van der Waals surface area contributed by atoms with Crippen LogP contribution in [-0.2, 0) is 16.2 Å². The Morgan fingerprint density at radius 2 is 1.96 bits per heavy atom. The van der Waals surface area contributed by atoms with Crippen molar-refractivity contribution in [3.05, 3.63) is 66.0 Å². The number of para-hydroxylation sites is 2. The van der Waals surface area contributed by atoms with Crippen molar-refractivity contribution in [1.82, 2.24) is 14.9 Å². The molecule has 138 valence electrons. The minimum absolute atomic E-state index is 0.206. The summed E-state index contributed by atoms with van der Waals surface area (Å²) < 4.78 is 2.13. The summed E-state index contributed by atoms with van der Waals surface area (Å²) in [6, 6.07) is 17.6. The third-order valence-corrected chi connectivity index (χ3v) is 4.84. The lowest BCUT2D eigenvalue weighted by Gasteiger charge is -2.15. The minimum Gasteiger partial charge on any atom is -0.387 e. The zero-order valence-corrected chi connectivity index (χ0v) is 15.4. The summed E-state index contributed by atoms with van der Waals surface area (Å²) in [7, 11) is 0. The molecule has 2 aromatic carbocycles. The summed E-state index contributed by atoms with van der Waals surface area (Å²) in [6.45, 7) is 4.80. The molecule has 0 spiro atoms. The molecule has 0 bridgehead atoms. The highest BCUT2D eigenvalue weighted by Crippen LogP contribution is 2.27. The van der Waals surface area contributed by atoms with Crippen molar-refractivity contribution < 1.29 is 9.63 Å². The van der Waals surface area contributed by atoms with E-state index in [1.54, 1.807) is 0 Å². The second-order valence-corrected chi connectivity index (χ2v) is 6.64. The van der Waals surface area contributed by atoms with Crippen molar-refractivity contribution in [3.8, 4) is 0 Å². The Morgan fingerprint density at radius 3 is 2.74 bits per heavy atom. The average molecular weight is 362 g/mol. The maximum atomic E-state index is 12.7. The van der Waals surface area contributed by atoms with Gasteiger partial charge in [-0.05, 0) is 31.5 Å². The predicted octanol–water partition coefficient (Wildman–Crippen LogP) is 3.75. The molecule has 0 saturated heterocycles. The first-order valence-electron chi connectivity index (χ1n) is 9.21. The molecular weight excluding hydrogens is 340 g/mol. The van der Waals surface area contributed by atoms with Gasteiger partial charge in [0.2, 0.25) is 0 Å². The molecule has 6 nitrogen and oxygen atoms in total. The molecule has 0 aliphatic carbocycles. The number of nitrogens with zero attached hydrogens (tertiary/aromatic N) is 3. The van der Waals surface area contributed by atoms with Crippen molar-refractivity contribution in [2.24, 2.45) is 5.16 Å². The molecule has 0 saturated carbocycles. The second-order valence-electron chi connectivity index (χ2n) is 6.64. The van der Waals surface area contributed by atoms with Gasteiger partial charge in [-0.1, -0.05) is 47.6 Å². The van der Waals surface area contributed by atoms with Crippen LogP contribution >= 0.6 is 0 Å². The molecule has 4 rings (SSSR count). The van der Waals surface area contributed by atoms with E-state index in [-0.39, 0.29) is 18.1 Å². The van der Waals surface area contributed by atoms with Crippen LogP contribution in [0.2, 0.25) is 0 Å². The molecule has 2 atom stereocenters. The number of imidazole rings is 1. The number of carbonyl (C=O) groups excluding carboxylic acids is 1. The Balaban J connectivity index is 1.47. The largest absolute Gasteiger partial charge is 0.387 e. The molecule has 0 fully saturated rings. The molecule has 6 heteroatoms. The number of amides is 1. The van der Waals surface area contributed by atoms with E-state index in [2.05, 4.69) is 22.0 Å². The molecule has 2 heterocycles. The first-order chi connectivity index (χ1) is 13.2. The summed E-state index contributed by atoms with van der Waals surface area (Å²) in [4.78, 5) is 22.8. The fourth-order valence-corrected chi connectivity index (χ4v) is 3.46. The van der Waals surface area contributed by atoms with Gasteiger partial charge in [-0.2, -0.15) is 0 Å². The van der Waals surface area contributed by atoms with E-state index in [9.17, 15) is 4.79 Å². The van der Waals surface area contributed by atoms with Crippen LogP contribution in [0.1, 0.15) is 43.8 Å². The van der Waals surface area contributed by atoms with E-state index in [0.717, 1.165) is 29.0 Å². The minimum atomic E-state index is -0.233. The van der Waals surface area contributed by atoms with E-state index in [1.807, 2.05) is 61.5 Å². The van der Waals surface area contributed by atoms with Crippen LogP contribution in [0.5, 0.6) is 0 Å². The van der Waals surface area contributed by atoms with E-state index in [0.29, 0.717) is 12.1 Å². The number of hydrogen-bond acceptors (Lipinski definition) is 4. The Hall–Kier alpha value is -3.15. The van der Waals surface area contributed by atoms with Gasteiger partial charge >= 0.3 is 0 Å². The Labute approximate surface area is 157 Å². The van der Waals surface area contributed by atoms with Gasteiger partial charge in [0.1, 0.15) is 11.5 Å². The number of carbonyl (C=O) groups is 1. The van der Waals surface area contributed by atoms with E-state index in [4.69, 9.17) is 9.82 Å². The van der Waals surface area contributed by atoms with Gasteiger partial charge in [-0.3, -0.25) is 4.79 Å². The summed E-state index contributed by atoms with van der Waals surface area (Å²) in [5.41, 5.74) is 3.43. The van der Waals surface area contributed by atoms with Crippen LogP contribution < -0.4 is 5.32 Å². The molecule has 0 unspecified atom stereocenters. The number of benzene rings is 2. The highest BCUT2D eigenvalue weighted by atomic mass is 16.6. The van der Waals surface area contributed by atoms with Crippen LogP contribution in [0, 0.1) is 0 Å². The van der Waals surface area contributed by atoms with Gasteiger partial charge in [0.25, 0.3) is 5.91 Å². The molecule has 1 aliphatic rings. The third kappa shape index (κ3) is 3.30. The fourth-order valence-electron chi connectivity index (χ4n) is 3.46. The monoisotopic (exact) mass is 362 g/mol. The smallest absolute Gasteiger partial charge is 0.269 e. The number of oxime groups is 1. The molecule has 1 aromatic heterocycles. The topological polar surface area (TPSA) is 68.5 Å². The SMILES string of the molecule is CCn1c([C@@H](C)NC(=O)C2=NO[C@H](c3ccccc3)C2)nc2ccccc21. The summed E-state index contributed by atoms with van der Waals surface area (Å²) >= 11 is 0. The second kappa shape index (κ2) is 7.23. The number of aryl methyl sites for hydroxylation is 1. The van der Waals surface area contributed by atoms with Crippen molar-refractivity contribution in [2.45, 2.75) is 39.0 Å². The first-order valence-corrected chi connectivity index (χ1v) is 9.21. The van der Waals surface area contributed by atoms with E-state index >= 15 is 0 Å². The number of hydrogen-bond donors (Lipinski definition) is 1. The highest BCUT2D eigenvalue weighted by Gasteiger charge is 2.28. The zero-order chi connectivity index (χ0) is 18.8. The summed E-state index contributed by atoms with van der Waals surface area (Å²) in [5.74, 6) is 0.627. The molecule has 1 aliphatic heterocycles. The molecule has 3 aromatic rings. The van der Waals surface area contributed by atoms with E-state index in [1.165, 1.54) is 0 Å². The van der Waals surface area contributed by atoms with Gasteiger partial charge < -0.3 is 14.7 Å². The average Bonchev–Trinajstić information content (AvgIpc) is 3.33. The standard InChI is InChI=1S/C21H22N4O2/c1-3-25-18-12-8-7-11-16(18)23-20(25)14(2)22-21(26)17-13-19(27-24-17)15-9-5-4-6-10-15/h4-12,14,19H,3,13H2,1-2H3,(H,22,26)/t14-,19+/m1/s1. The van der Waals surface area contributed by atoms with Crippen molar-refractivity contribution >= 4 is 22.7 Å². The Bertz CT molecular complexity index is 994. The molecule has 27 heavy (non-hydrogen) atoms. The molecule has 1 amide bonds.